The Morgan fingerprint density at radius 3 is 2.35 bits per heavy atom. The average Bonchev–Trinajstić information content (AvgIpc) is 2.42. The van der Waals surface area contributed by atoms with Crippen molar-refractivity contribution in [1.29, 1.82) is 0 Å². The summed E-state index contributed by atoms with van der Waals surface area (Å²) in [6.45, 7) is 13.3. The van der Waals surface area contributed by atoms with Crippen LogP contribution >= 0.6 is 0 Å². The highest BCUT2D eigenvalue weighted by molar-refractivity contribution is 5.65. The van der Waals surface area contributed by atoms with Crippen LogP contribution in [-0.4, -0.2) is 31.6 Å². The Hall–Kier alpha value is -0.610. The van der Waals surface area contributed by atoms with Gasteiger partial charge in [0.25, 0.3) is 0 Å². The molecule has 6 unspecified atom stereocenters. The average molecular weight is 286 g/mol. The summed E-state index contributed by atoms with van der Waals surface area (Å²) in [5.74, 6) is 1.47. The van der Waals surface area contributed by atoms with Gasteiger partial charge in [0, 0.05) is 18.8 Å². The maximum Gasteiger partial charge on any atom is 0.302 e. The minimum Gasteiger partial charge on any atom is -0.466 e. The zero-order chi connectivity index (χ0) is 15.3. The Bertz CT molecular complexity index is 303. The molecule has 118 valence electrons. The lowest BCUT2D eigenvalue weighted by Gasteiger charge is -2.43. The minimum atomic E-state index is -0.243. The third kappa shape index (κ3) is 4.74. The molecule has 1 aliphatic heterocycles. The minimum absolute atomic E-state index is 0.147. The summed E-state index contributed by atoms with van der Waals surface area (Å²) >= 11 is 0. The zero-order valence-electron chi connectivity index (χ0n) is 13.7. The van der Waals surface area contributed by atoms with E-state index in [-0.39, 0.29) is 24.3 Å². The van der Waals surface area contributed by atoms with Crippen LogP contribution in [0.15, 0.2) is 0 Å². The highest BCUT2D eigenvalue weighted by Crippen LogP contribution is 2.36. The van der Waals surface area contributed by atoms with Gasteiger partial charge in [-0.15, -0.1) is 0 Å². The number of carbonyl (C=O) groups excluding carboxylic acids is 1. The largest absolute Gasteiger partial charge is 0.466 e. The number of rotatable bonds is 6. The molecule has 1 saturated heterocycles. The summed E-state index contributed by atoms with van der Waals surface area (Å²) in [6, 6.07) is 0. The molecule has 0 bridgehead atoms. The molecule has 1 heterocycles. The van der Waals surface area contributed by atoms with Crippen molar-refractivity contribution in [1.82, 2.24) is 0 Å². The molecule has 0 aromatic carbocycles. The third-order valence-electron chi connectivity index (χ3n) is 4.50. The number of ether oxygens (including phenoxy) is 3. The molecule has 0 radical (unpaired) electrons. The van der Waals surface area contributed by atoms with Crippen molar-refractivity contribution in [3.05, 3.63) is 0 Å². The predicted octanol–water partition coefficient (Wildman–Crippen LogP) is 3.25. The lowest BCUT2D eigenvalue weighted by Crippen LogP contribution is -2.46. The maximum atomic E-state index is 10.8. The molecular weight excluding hydrogens is 256 g/mol. The zero-order valence-corrected chi connectivity index (χ0v) is 13.7. The van der Waals surface area contributed by atoms with Gasteiger partial charge in [-0.05, 0) is 18.3 Å². The van der Waals surface area contributed by atoms with Crippen LogP contribution in [-0.2, 0) is 19.0 Å². The molecule has 1 aliphatic rings. The van der Waals surface area contributed by atoms with Crippen LogP contribution in [0, 0.1) is 23.7 Å². The Morgan fingerprint density at radius 1 is 1.15 bits per heavy atom. The van der Waals surface area contributed by atoms with Gasteiger partial charge < -0.3 is 14.2 Å². The second-order valence-electron chi connectivity index (χ2n) is 6.27. The molecule has 20 heavy (non-hydrogen) atoms. The molecule has 6 atom stereocenters. The lowest BCUT2D eigenvalue weighted by molar-refractivity contribution is -0.252. The van der Waals surface area contributed by atoms with E-state index in [0.29, 0.717) is 31.0 Å². The second-order valence-corrected chi connectivity index (χ2v) is 6.27. The lowest BCUT2D eigenvalue weighted by atomic mass is 9.78. The van der Waals surface area contributed by atoms with Gasteiger partial charge in [-0.2, -0.15) is 0 Å². The summed E-state index contributed by atoms with van der Waals surface area (Å²) in [4.78, 5) is 10.8. The van der Waals surface area contributed by atoms with Crippen LogP contribution < -0.4 is 0 Å². The second kappa shape index (κ2) is 7.99. The van der Waals surface area contributed by atoms with E-state index in [9.17, 15) is 4.79 Å². The van der Waals surface area contributed by atoms with Crippen molar-refractivity contribution in [2.75, 3.05) is 13.2 Å². The molecule has 0 aromatic heterocycles. The van der Waals surface area contributed by atoms with E-state index in [1.165, 1.54) is 6.92 Å². The van der Waals surface area contributed by atoms with Gasteiger partial charge in [0.05, 0.1) is 19.3 Å². The summed E-state index contributed by atoms with van der Waals surface area (Å²) in [6.07, 6.45) is 1.14. The van der Waals surface area contributed by atoms with Gasteiger partial charge in [0.2, 0.25) is 0 Å². The normalized spacial score (nSPS) is 35.6. The number of esters is 1. The third-order valence-corrected chi connectivity index (χ3v) is 4.50. The molecule has 0 aliphatic carbocycles. The predicted molar refractivity (Wildman–Crippen MR) is 78.2 cm³/mol. The van der Waals surface area contributed by atoms with Crippen molar-refractivity contribution in [2.24, 2.45) is 23.7 Å². The van der Waals surface area contributed by atoms with Crippen LogP contribution in [0.3, 0.4) is 0 Å². The van der Waals surface area contributed by atoms with Crippen LogP contribution in [0.4, 0.5) is 0 Å². The first-order valence-electron chi connectivity index (χ1n) is 7.77. The summed E-state index contributed by atoms with van der Waals surface area (Å²) in [5.41, 5.74) is 0. The van der Waals surface area contributed by atoms with Crippen LogP contribution in [0.1, 0.15) is 48.0 Å². The standard InChI is InChI=1S/C16H30O4/c1-7-15-12(4)11(3)13(5)16(20-15)19-9-10(2)8-18-14(6)17/h10-13,15-16H,7-9H2,1-6H3. The van der Waals surface area contributed by atoms with Crippen molar-refractivity contribution in [3.63, 3.8) is 0 Å². The molecule has 0 amide bonds. The number of hydrogen-bond acceptors (Lipinski definition) is 4. The Balaban J connectivity index is 2.43. The van der Waals surface area contributed by atoms with Gasteiger partial charge in [-0.1, -0.05) is 34.6 Å². The fourth-order valence-electron chi connectivity index (χ4n) is 2.71. The van der Waals surface area contributed by atoms with Gasteiger partial charge in [-0.3, -0.25) is 4.79 Å². The fourth-order valence-corrected chi connectivity index (χ4v) is 2.71. The van der Waals surface area contributed by atoms with Crippen LogP contribution in [0.2, 0.25) is 0 Å². The molecule has 4 nitrogen and oxygen atoms in total. The first-order chi connectivity index (χ1) is 9.36. The summed E-state index contributed by atoms with van der Waals surface area (Å²) in [5, 5.41) is 0. The molecule has 0 N–H and O–H groups in total. The molecule has 4 heteroatoms. The highest BCUT2D eigenvalue weighted by atomic mass is 16.7. The topological polar surface area (TPSA) is 44.8 Å². The SMILES string of the molecule is CCC1OC(OCC(C)COC(C)=O)C(C)C(C)C1C. The first-order valence-corrected chi connectivity index (χ1v) is 7.77. The van der Waals surface area contributed by atoms with Crippen LogP contribution in [0.25, 0.3) is 0 Å². The molecule has 0 aromatic rings. The van der Waals surface area contributed by atoms with E-state index >= 15 is 0 Å². The molecular formula is C16H30O4. The van der Waals surface area contributed by atoms with E-state index in [0.717, 1.165) is 6.42 Å². The fraction of sp³-hybridized carbons (Fsp3) is 0.938. The molecule has 1 rings (SSSR count). The monoisotopic (exact) mass is 286 g/mol. The smallest absolute Gasteiger partial charge is 0.302 e. The summed E-state index contributed by atoms with van der Waals surface area (Å²) in [7, 11) is 0. The van der Waals surface area contributed by atoms with Crippen LogP contribution in [0.5, 0.6) is 0 Å². The maximum absolute atomic E-state index is 10.8. The van der Waals surface area contributed by atoms with Gasteiger partial charge in [0.1, 0.15) is 0 Å². The first kappa shape index (κ1) is 17.4. The summed E-state index contributed by atoms with van der Waals surface area (Å²) < 4.78 is 17.0. The van der Waals surface area contributed by atoms with Crippen molar-refractivity contribution < 1.29 is 19.0 Å². The Labute approximate surface area is 123 Å². The van der Waals surface area contributed by atoms with Gasteiger partial charge in [-0.25, -0.2) is 0 Å². The van der Waals surface area contributed by atoms with Crippen molar-refractivity contribution in [3.8, 4) is 0 Å². The van der Waals surface area contributed by atoms with Crippen molar-refractivity contribution in [2.45, 2.75) is 60.4 Å². The van der Waals surface area contributed by atoms with E-state index in [4.69, 9.17) is 14.2 Å². The van der Waals surface area contributed by atoms with E-state index in [2.05, 4.69) is 27.7 Å². The quantitative estimate of drug-likeness (QED) is 0.703. The number of carbonyl (C=O) groups is 1. The van der Waals surface area contributed by atoms with E-state index in [1.807, 2.05) is 6.92 Å². The molecule has 0 saturated carbocycles. The Morgan fingerprint density at radius 2 is 1.80 bits per heavy atom. The molecule has 1 fully saturated rings. The van der Waals surface area contributed by atoms with E-state index < -0.39 is 0 Å². The highest BCUT2D eigenvalue weighted by Gasteiger charge is 2.38. The molecule has 0 spiro atoms. The van der Waals surface area contributed by atoms with Gasteiger partial charge >= 0.3 is 5.97 Å². The number of hydrogen-bond donors (Lipinski definition) is 0. The van der Waals surface area contributed by atoms with Gasteiger partial charge in [0.15, 0.2) is 6.29 Å². The van der Waals surface area contributed by atoms with Crippen molar-refractivity contribution >= 4 is 5.97 Å². The Kier molecular flexibility index (Phi) is 6.96. The van der Waals surface area contributed by atoms with E-state index in [1.54, 1.807) is 0 Å².